The molecule has 0 saturated heterocycles. The van der Waals surface area contributed by atoms with Crippen LogP contribution in [0, 0.1) is 23.7 Å². The summed E-state index contributed by atoms with van der Waals surface area (Å²) in [7, 11) is 0. The monoisotopic (exact) mass is 554 g/mol. The van der Waals surface area contributed by atoms with E-state index in [1.165, 1.54) is 0 Å². The van der Waals surface area contributed by atoms with Crippen molar-refractivity contribution in [2.45, 2.75) is 120 Å². The fourth-order valence-corrected chi connectivity index (χ4v) is 5.65. The molecule has 0 aromatic rings. The van der Waals surface area contributed by atoms with Crippen LogP contribution in [0.4, 0.5) is 57.1 Å². The quantitative estimate of drug-likeness (QED) is 0.236. The smallest absolute Gasteiger partial charge is 0.200 e. The van der Waals surface area contributed by atoms with Gasteiger partial charge < -0.3 is 0 Å². The van der Waals surface area contributed by atoms with E-state index in [1.54, 1.807) is 0 Å². The van der Waals surface area contributed by atoms with Crippen LogP contribution in [-0.4, -0.2) is 35.8 Å². The number of alkyl halides is 13. The molecule has 0 aromatic heterocycles. The molecule has 0 spiro atoms. The number of halogens is 13. The van der Waals surface area contributed by atoms with Crippen LogP contribution < -0.4 is 0 Å². The van der Waals surface area contributed by atoms with Crippen LogP contribution in [0.5, 0.6) is 0 Å². The normalized spacial score (nSPS) is 27.8. The van der Waals surface area contributed by atoms with E-state index < -0.39 is 54.5 Å². The molecule has 0 unspecified atom stereocenters. The third kappa shape index (κ3) is 5.73. The van der Waals surface area contributed by atoms with Crippen molar-refractivity contribution < 1.29 is 57.1 Å². The highest BCUT2D eigenvalue weighted by Crippen LogP contribution is 2.61. The van der Waals surface area contributed by atoms with Crippen LogP contribution in [-0.2, 0) is 0 Å². The van der Waals surface area contributed by atoms with Crippen molar-refractivity contribution in [2.75, 3.05) is 0 Å². The molecule has 13 heteroatoms. The first-order valence-corrected chi connectivity index (χ1v) is 12.2. The molecule has 214 valence electrons. The van der Waals surface area contributed by atoms with Gasteiger partial charge in [0, 0.05) is 6.42 Å². The van der Waals surface area contributed by atoms with Gasteiger partial charge in [0.05, 0.1) is 0 Å². The molecular formula is C23H31F13. The number of rotatable bonds is 10. The van der Waals surface area contributed by atoms with Crippen LogP contribution in [0.15, 0.2) is 0 Å². The van der Waals surface area contributed by atoms with Crippen LogP contribution >= 0.6 is 0 Å². The van der Waals surface area contributed by atoms with Gasteiger partial charge in [0.15, 0.2) is 0 Å². The molecule has 2 saturated carbocycles. The summed E-state index contributed by atoms with van der Waals surface area (Å²) in [6.45, 7) is 2.11. The molecular weight excluding hydrogens is 523 g/mol. The van der Waals surface area contributed by atoms with Gasteiger partial charge in [-0.25, -0.2) is 0 Å². The van der Waals surface area contributed by atoms with E-state index in [0.717, 1.165) is 38.5 Å². The summed E-state index contributed by atoms with van der Waals surface area (Å²) in [6, 6.07) is 0. The second-order valence-corrected chi connectivity index (χ2v) is 10.4. The fourth-order valence-electron chi connectivity index (χ4n) is 5.65. The first kappa shape index (κ1) is 31.3. The minimum absolute atomic E-state index is 0.304. The Morgan fingerprint density at radius 2 is 0.833 bits per heavy atom. The highest BCUT2D eigenvalue weighted by atomic mass is 19.4. The molecule has 0 N–H and O–H groups in total. The van der Waals surface area contributed by atoms with E-state index in [4.69, 9.17) is 0 Å². The second-order valence-electron chi connectivity index (χ2n) is 10.4. The second kappa shape index (κ2) is 10.7. The standard InChI is InChI=1S/C23H31F13/c1-2-3-14-4-8-16(9-5-14)17-10-6-15(7-11-17)12-13-18(24,25)19(26,27)20(28,29)21(30,31)22(32,33)23(34,35)36/h14-17H,2-13H2,1H3. The molecule has 2 fully saturated rings. The van der Waals surface area contributed by atoms with E-state index in [9.17, 15) is 57.1 Å². The van der Waals surface area contributed by atoms with Crippen LogP contribution in [0.2, 0.25) is 0 Å². The lowest BCUT2D eigenvalue weighted by atomic mass is 9.68. The zero-order chi connectivity index (χ0) is 27.8. The lowest BCUT2D eigenvalue weighted by Gasteiger charge is -2.40. The average molecular weight is 554 g/mol. The van der Waals surface area contributed by atoms with E-state index in [2.05, 4.69) is 6.92 Å². The molecule has 2 aliphatic carbocycles. The van der Waals surface area contributed by atoms with Gasteiger partial charge in [-0.3, -0.25) is 0 Å². The summed E-state index contributed by atoms with van der Waals surface area (Å²) in [5, 5.41) is 0. The van der Waals surface area contributed by atoms with Gasteiger partial charge in [-0.2, -0.15) is 57.1 Å². The van der Waals surface area contributed by atoms with Crippen LogP contribution in [0.25, 0.3) is 0 Å². The van der Waals surface area contributed by atoms with Crippen molar-refractivity contribution in [3.8, 4) is 0 Å². The fraction of sp³-hybridized carbons (Fsp3) is 1.00. The summed E-state index contributed by atoms with van der Waals surface area (Å²) in [6.07, 6.45) is -1.90. The van der Waals surface area contributed by atoms with Gasteiger partial charge in [-0.1, -0.05) is 45.4 Å². The van der Waals surface area contributed by atoms with E-state index in [0.29, 0.717) is 43.4 Å². The molecule has 2 rings (SSSR count). The van der Waals surface area contributed by atoms with Crippen molar-refractivity contribution in [2.24, 2.45) is 23.7 Å². The Bertz CT molecular complexity index is 697. The first-order chi connectivity index (χ1) is 16.2. The minimum Gasteiger partial charge on any atom is -0.200 e. The highest BCUT2D eigenvalue weighted by molar-refractivity contribution is 5.10. The van der Waals surface area contributed by atoms with E-state index in [-0.39, 0.29) is 0 Å². The average Bonchev–Trinajstić information content (AvgIpc) is 2.77. The van der Waals surface area contributed by atoms with E-state index in [1.807, 2.05) is 0 Å². The van der Waals surface area contributed by atoms with Gasteiger partial charge in [-0.15, -0.1) is 0 Å². The van der Waals surface area contributed by atoms with Gasteiger partial charge in [0.2, 0.25) is 0 Å². The predicted molar refractivity (Wildman–Crippen MR) is 106 cm³/mol. The minimum atomic E-state index is -7.82. The molecule has 36 heavy (non-hydrogen) atoms. The Kier molecular flexibility index (Phi) is 9.30. The lowest BCUT2D eigenvalue weighted by Crippen LogP contribution is -2.70. The maximum Gasteiger partial charge on any atom is 0.460 e. The van der Waals surface area contributed by atoms with Gasteiger partial charge in [0.25, 0.3) is 0 Å². The maximum absolute atomic E-state index is 14.0. The summed E-state index contributed by atoms with van der Waals surface area (Å²) < 4.78 is 172. The van der Waals surface area contributed by atoms with Crippen molar-refractivity contribution in [1.82, 2.24) is 0 Å². The molecule has 0 aromatic carbocycles. The van der Waals surface area contributed by atoms with Crippen LogP contribution in [0.3, 0.4) is 0 Å². The maximum atomic E-state index is 14.0. The molecule has 0 aliphatic heterocycles. The van der Waals surface area contributed by atoms with Crippen molar-refractivity contribution >= 4 is 0 Å². The van der Waals surface area contributed by atoms with Crippen molar-refractivity contribution in [1.29, 1.82) is 0 Å². The number of hydrogen-bond donors (Lipinski definition) is 0. The van der Waals surface area contributed by atoms with Gasteiger partial charge in [0.1, 0.15) is 0 Å². The molecule has 0 amide bonds. The third-order valence-corrected chi connectivity index (χ3v) is 8.01. The SMILES string of the molecule is CCCC1CCC(C2CCC(CCC(F)(F)C(F)(F)C(F)(F)C(F)(F)C(F)(F)C(F)(F)F)CC2)CC1. The van der Waals surface area contributed by atoms with Gasteiger partial charge >= 0.3 is 35.8 Å². The van der Waals surface area contributed by atoms with E-state index >= 15 is 0 Å². The Morgan fingerprint density at radius 3 is 1.19 bits per heavy atom. The molecule has 0 bridgehead atoms. The zero-order valence-electron chi connectivity index (χ0n) is 19.7. The first-order valence-electron chi connectivity index (χ1n) is 12.2. The zero-order valence-corrected chi connectivity index (χ0v) is 19.7. The Morgan fingerprint density at radius 1 is 0.472 bits per heavy atom. The highest BCUT2D eigenvalue weighted by Gasteiger charge is 2.90. The largest absolute Gasteiger partial charge is 0.460 e. The third-order valence-electron chi connectivity index (χ3n) is 8.01. The lowest BCUT2D eigenvalue weighted by molar-refractivity contribution is -0.440. The summed E-state index contributed by atoms with van der Waals surface area (Å²) in [5.41, 5.74) is 0. The van der Waals surface area contributed by atoms with Crippen molar-refractivity contribution in [3.05, 3.63) is 0 Å². The van der Waals surface area contributed by atoms with Crippen LogP contribution in [0.1, 0.15) is 84.0 Å². The summed E-state index contributed by atoms with van der Waals surface area (Å²) in [4.78, 5) is 0. The Balaban J connectivity index is 1.98. The Hall–Kier alpha value is -0.910. The van der Waals surface area contributed by atoms with Crippen molar-refractivity contribution in [3.63, 3.8) is 0 Å². The molecule has 0 atom stereocenters. The van der Waals surface area contributed by atoms with Gasteiger partial charge in [-0.05, 0) is 55.8 Å². The molecule has 2 aliphatic rings. The predicted octanol–water partition coefficient (Wildman–Crippen LogP) is 9.92. The Labute approximate surface area is 201 Å². The summed E-state index contributed by atoms with van der Waals surface area (Å²) in [5.74, 6) is -35.5. The molecule has 0 radical (unpaired) electrons. The molecule has 0 heterocycles. The topological polar surface area (TPSA) is 0 Å². The summed E-state index contributed by atoms with van der Waals surface area (Å²) >= 11 is 0. The molecule has 0 nitrogen and oxygen atoms in total. The number of hydrogen-bond acceptors (Lipinski definition) is 0.